The molecule has 1 aromatic carbocycles. The van der Waals surface area contributed by atoms with Crippen LogP contribution in [-0.2, 0) is 5.33 Å². The highest BCUT2D eigenvalue weighted by Crippen LogP contribution is 2.26. The van der Waals surface area contributed by atoms with Gasteiger partial charge in [-0.2, -0.15) is 0 Å². The maximum atomic E-state index is 5.84. The molecule has 2 aromatic rings. The number of thiazole rings is 1. The minimum Gasteiger partial charge on any atom is -0.240 e. The molecule has 1 aromatic heterocycles. The maximum Gasteiger partial charge on any atom is 0.104 e. The summed E-state index contributed by atoms with van der Waals surface area (Å²) in [4.78, 5) is 4.39. The predicted molar refractivity (Wildman–Crippen MR) is 57.3 cm³/mol. The molecule has 0 radical (unpaired) electrons. The molecule has 0 N–H and O–H groups in total. The van der Waals surface area contributed by atoms with Crippen LogP contribution in [0.25, 0.3) is 10.2 Å². The van der Waals surface area contributed by atoms with Crippen LogP contribution < -0.4 is 0 Å². The molecule has 1 heterocycles. The fourth-order valence-electron chi connectivity index (χ4n) is 1.00. The Bertz CT molecular complexity index is 412. The van der Waals surface area contributed by atoms with Gasteiger partial charge in [-0.15, -0.1) is 11.3 Å². The van der Waals surface area contributed by atoms with Gasteiger partial charge < -0.3 is 0 Å². The van der Waals surface area contributed by atoms with E-state index in [0.29, 0.717) is 0 Å². The van der Waals surface area contributed by atoms with Crippen LogP contribution in [0.3, 0.4) is 0 Å². The largest absolute Gasteiger partial charge is 0.240 e. The van der Waals surface area contributed by atoms with Gasteiger partial charge in [0.1, 0.15) is 5.01 Å². The summed E-state index contributed by atoms with van der Waals surface area (Å²) in [5.41, 5.74) is 1.03. The van der Waals surface area contributed by atoms with Crippen molar-refractivity contribution in [3.8, 4) is 0 Å². The third-order valence-corrected chi connectivity index (χ3v) is 3.66. The van der Waals surface area contributed by atoms with Crippen LogP contribution >= 0.6 is 38.9 Å². The standard InChI is InChI=1S/C8H5BrClNS/c9-4-8-11-6-2-1-5(10)3-7(6)12-8/h1-3H,4H2. The summed E-state index contributed by atoms with van der Waals surface area (Å²) in [6.45, 7) is 0. The van der Waals surface area contributed by atoms with Gasteiger partial charge in [0.15, 0.2) is 0 Å². The van der Waals surface area contributed by atoms with Gasteiger partial charge in [-0.3, -0.25) is 0 Å². The molecule has 0 saturated heterocycles. The second kappa shape index (κ2) is 3.32. The minimum absolute atomic E-state index is 0.771. The number of hydrogen-bond donors (Lipinski definition) is 0. The highest BCUT2D eigenvalue weighted by atomic mass is 79.9. The quantitative estimate of drug-likeness (QED) is 0.712. The van der Waals surface area contributed by atoms with Gasteiger partial charge in [0.25, 0.3) is 0 Å². The Morgan fingerprint density at radius 1 is 1.50 bits per heavy atom. The molecular formula is C8H5BrClNS. The zero-order valence-electron chi connectivity index (χ0n) is 6.05. The number of fused-ring (bicyclic) bond motifs is 1. The summed E-state index contributed by atoms with van der Waals surface area (Å²) in [6.07, 6.45) is 0. The predicted octanol–water partition coefficient (Wildman–Crippen LogP) is 3.84. The first-order chi connectivity index (χ1) is 5.79. The molecule has 0 bridgehead atoms. The third kappa shape index (κ3) is 1.49. The molecule has 2 rings (SSSR count). The lowest BCUT2D eigenvalue weighted by Crippen LogP contribution is -1.70. The molecule has 0 aliphatic carbocycles. The van der Waals surface area contributed by atoms with Crippen molar-refractivity contribution in [1.82, 2.24) is 4.98 Å². The summed E-state index contributed by atoms with van der Waals surface area (Å²) in [5, 5.41) is 2.67. The van der Waals surface area contributed by atoms with Crippen molar-refractivity contribution in [2.24, 2.45) is 0 Å². The van der Waals surface area contributed by atoms with Gasteiger partial charge in [0, 0.05) is 5.02 Å². The molecule has 0 fully saturated rings. The van der Waals surface area contributed by atoms with Crippen molar-refractivity contribution in [3.05, 3.63) is 28.2 Å². The Morgan fingerprint density at radius 3 is 3.08 bits per heavy atom. The van der Waals surface area contributed by atoms with E-state index in [1.165, 1.54) is 0 Å². The van der Waals surface area contributed by atoms with E-state index in [1.54, 1.807) is 11.3 Å². The van der Waals surface area contributed by atoms with Crippen molar-refractivity contribution < 1.29 is 0 Å². The summed E-state index contributed by atoms with van der Waals surface area (Å²) < 4.78 is 1.15. The van der Waals surface area contributed by atoms with Crippen molar-refractivity contribution >= 4 is 49.1 Å². The van der Waals surface area contributed by atoms with E-state index in [2.05, 4.69) is 20.9 Å². The summed E-state index contributed by atoms with van der Waals surface area (Å²) >= 11 is 10.9. The van der Waals surface area contributed by atoms with Crippen molar-refractivity contribution in [2.75, 3.05) is 0 Å². The lowest BCUT2D eigenvalue weighted by atomic mass is 10.3. The van der Waals surface area contributed by atoms with Gasteiger partial charge in [0.2, 0.25) is 0 Å². The zero-order valence-corrected chi connectivity index (χ0v) is 9.21. The highest BCUT2D eigenvalue weighted by molar-refractivity contribution is 9.08. The molecule has 12 heavy (non-hydrogen) atoms. The van der Waals surface area contributed by atoms with Crippen LogP contribution in [0.5, 0.6) is 0 Å². The Balaban J connectivity index is 2.67. The third-order valence-electron chi connectivity index (χ3n) is 1.51. The molecule has 4 heteroatoms. The topological polar surface area (TPSA) is 12.9 Å². The van der Waals surface area contributed by atoms with Crippen LogP contribution in [0.1, 0.15) is 5.01 Å². The lowest BCUT2D eigenvalue weighted by Gasteiger charge is -1.86. The Kier molecular flexibility index (Phi) is 2.35. The first-order valence-electron chi connectivity index (χ1n) is 3.40. The van der Waals surface area contributed by atoms with Crippen LogP contribution in [0.15, 0.2) is 18.2 Å². The molecule has 0 amide bonds. The normalized spacial score (nSPS) is 10.8. The van der Waals surface area contributed by atoms with E-state index in [9.17, 15) is 0 Å². The molecule has 0 unspecified atom stereocenters. The van der Waals surface area contributed by atoms with E-state index < -0.39 is 0 Å². The Hall–Kier alpha value is -0.120. The Morgan fingerprint density at radius 2 is 2.33 bits per heavy atom. The Labute approximate surface area is 87.5 Å². The average Bonchev–Trinajstić information content (AvgIpc) is 2.46. The molecule has 0 saturated carbocycles. The monoisotopic (exact) mass is 261 g/mol. The summed E-state index contributed by atoms with van der Waals surface area (Å²) in [6, 6.07) is 5.75. The maximum absolute atomic E-state index is 5.84. The number of nitrogens with zero attached hydrogens (tertiary/aromatic N) is 1. The average molecular weight is 263 g/mol. The molecule has 1 nitrogen and oxygen atoms in total. The van der Waals surface area contributed by atoms with Crippen molar-refractivity contribution in [3.63, 3.8) is 0 Å². The van der Waals surface area contributed by atoms with Gasteiger partial charge >= 0.3 is 0 Å². The van der Waals surface area contributed by atoms with E-state index in [4.69, 9.17) is 11.6 Å². The number of alkyl halides is 1. The molecule has 0 aliphatic rings. The van der Waals surface area contributed by atoms with Gasteiger partial charge in [-0.25, -0.2) is 4.98 Å². The first-order valence-corrected chi connectivity index (χ1v) is 5.72. The van der Waals surface area contributed by atoms with Crippen molar-refractivity contribution in [2.45, 2.75) is 5.33 Å². The molecule has 0 spiro atoms. The lowest BCUT2D eigenvalue weighted by molar-refractivity contribution is 1.32. The number of aromatic nitrogens is 1. The fraction of sp³-hybridized carbons (Fsp3) is 0.125. The highest BCUT2D eigenvalue weighted by Gasteiger charge is 2.01. The number of benzene rings is 1. The van der Waals surface area contributed by atoms with Crippen molar-refractivity contribution in [1.29, 1.82) is 0 Å². The van der Waals surface area contributed by atoms with Gasteiger partial charge in [-0.05, 0) is 18.2 Å². The summed E-state index contributed by atoms with van der Waals surface area (Å²) in [5.74, 6) is 0. The smallest absolute Gasteiger partial charge is 0.104 e. The fourth-order valence-corrected chi connectivity index (χ4v) is 2.57. The molecule has 62 valence electrons. The number of rotatable bonds is 1. The molecular weight excluding hydrogens is 258 g/mol. The number of halogens is 2. The zero-order chi connectivity index (χ0) is 8.55. The summed E-state index contributed by atoms with van der Waals surface area (Å²) in [7, 11) is 0. The van der Waals surface area contributed by atoms with Crippen LogP contribution in [0.4, 0.5) is 0 Å². The minimum atomic E-state index is 0.771. The van der Waals surface area contributed by atoms with Gasteiger partial charge in [0.05, 0.1) is 15.5 Å². The molecule has 0 aliphatic heterocycles. The second-order valence-corrected chi connectivity index (χ2v) is 4.47. The second-order valence-electron chi connectivity index (χ2n) is 2.35. The van der Waals surface area contributed by atoms with E-state index >= 15 is 0 Å². The van der Waals surface area contributed by atoms with E-state index in [1.807, 2.05) is 18.2 Å². The molecule has 0 atom stereocenters. The van der Waals surface area contributed by atoms with Crippen LogP contribution in [0, 0.1) is 0 Å². The van der Waals surface area contributed by atoms with E-state index in [0.717, 1.165) is 25.6 Å². The SMILES string of the molecule is Clc1ccc2nc(CBr)sc2c1. The number of hydrogen-bond acceptors (Lipinski definition) is 2. The van der Waals surface area contributed by atoms with Gasteiger partial charge in [-0.1, -0.05) is 27.5 Å². The first kappa shape index (κ1) is 8.48. The van der Waals surface area contributed by atoms with Crippen LogP contribution in [-0.4, -0.2) is 4.98 Å². The van der Waals surface area contributed by atoms with E-state index in [-0.39, 0.29) is 0 Å². The van der Waals surface area contributed by atoms with Crippen LogP contribution in [0.2, 0.25) is 5.02 Å².